The molecule has 17 unspecified atom stereocenters. The number of ether oxygens (including phenoxy) is 6. The SMILES string of the molecule is CCCCCCCC/C=C\CCCCCCCCCC(=O)NC(COC1OC(CO)C(OC2OC(CO)C(OC3OC(CO)C(O)C(O)C3O)C(O)C2O)C(O)C1O)C(O)CCCCCCCCCCCCCCCCCCCCCCCCCCCC. The van der Waals surface area contributed by atoms with E-state index in [1.54, 1.807) is 0 Å². The Morgan fingerprint density at radius 1 is 0.398 bits per heavy atom. The zero-order valence-electron chi connectivity index (χ0n) is 55.0. The lowest BCUT2D eigenvalue weighted by Gasteiger charge is -2.48. The first-order valence-electron chi connectivity index (χ1n) is 35.9. The summed E-state index contributed by atoms with van der Waals surface area (Å²) in [4.78, 5) is 13.4. The van der Waals surface area contributed by atoms with Crippen LogP contribution in [0.3, 0.4) is 0 Å². The van der Waals surface area contributed by atoms with Gasteiger partial charge in [0.15, 0.2) is 18.9 Å². The van der Waals surface area contributed by atoms with Crippen molar-refractivity contribution in [1.29, 1.82) is 0 Å². The number of aliphatic hydroxyl groups is 11. The van der Waals surface area contributed by atoms with Crippen LogP contribution in [0.5, 0.6) is 0 Å². The minimum Gasteiger partial charge on any atom is -0.394 e. The van der Waals surface area contributed by atoms with Crippen molar-refractivity contribution >= 4 is 5.91 Å². The number of carbonyl (C=O) groups excluding carboxylic acids is 1. The fourth-order valence-corrected chi connectivity index (χ4v) is 12.5. The van der Waals surface area contributed by atoms with E-state index in [-0.39, 0.29) is 18.9 Å². The van der Waals surface area contributed by atoms with E-state index in [0.29, 0.717) is 12.8 Å². The molecule has 3 saturated heterocycles. The van der Waals surface area contributed by atoms with Gasteiger partial charge < -0.3 is 89.9 Å². The fraction of sp³-hybridized carbons (Fsp3) is 0.957. The maximum absolute atomic E-state index is 13.4. The minimum absolute atomic E-state index is 0.243. The maximum Gasteiger partial charge on any atom is 0.220 e. The number of unbranched alkanes of at least 4 members (excludes halogenated alkanes) is 38. The van der Waals surface area contributed by atoms with Gasteiger partial charge in [-0.15, -0.1) is 0 Å². The van der Waals surface area contributed by atoms with Gasteiger partial charge in [-0.3, -0.25) is 4.79 Å². The van der Waals surface area contributed by atoms with E-state index in [1.165, 1.54) is 199 Å². The highest BCUT2D eigenvalue weighted by molar-refractivity contribution is 5.76. The van der Waals surface area contributed by atoms with Crippen molar-refractivity contribution < 1.29 is 89.4 Å². The van der Waals surface area contributed by atoms with Crippen LogP contribution >= 0.6 is 0 Å². The van der Waals surface area contributed by atoms with Gasteiger partial charge in [0.1, 0.15) is 73.2 Å². The molecule has 3 fully saturated rings. The van der Waals surface area contributed by atoms with Gasteiger partial charge in [0, 0.05) is 6.42 Å². The number of carbonyl (C=O) groups is 1. The molecule has 520 valence electrons. The summed E-state index contributed by atoms with van der Waals surface area (Å²) in [6.45, 7) is 1.83. The van der Waals surface area contributed by atoms with E-state index in [0.717, 1.165) is 57.8 Å². The number of amides is 1. The Morgan fingerprint density at radius 2 is 0.716 bits per heavy atom. The van der Waals surface area contributed by atoms with Gasteiger partial charge in [-0.05, 0) is 38.5 Å². The largest absolute Gasteiger partial charge is 0.394 e. The summed E-state index contributed by atoms with van der Waals surface area (Å²) in [7, 11) is 0. The van der Waals surface area contributed by atoms with Gasteiger partial charge in [0.05, 0.1) is 38.6 Å². The summed E-state index contributed by atoms with van der Waals surface area (Å²) >= 11 is 0. The van der Waals surface area contributed by atoms with Gasteiger partial charge >= 0.3 is 0 Å². The van der Waals surface area contributed by atoms with Crippen LogP contribution in [0, 0.1) is 0 Å². The first kappa shape index (κ1) is 80.8. The normalized spacial score (nSPS) is 28.4. The van der Waals surface area contributed by atoms with Crippen molar-refractivity contribution in [2.75, 3.05) is 26.4 Å². The molecule has 12 N–H and O–H groups in total. The molecule has 0 spiro atoms. The zero-order valence-corrected chi connectivity index (χ0v) is 55.0. The number of rotatable bonds is 56. The van der Waals surface area contributed by atoms with Gasteiger partial charge in [-0.25, -0.2) is 0 Å². The summed E-state index contributed by atoms with van der Waals surface area (Å²) < 4.78 is 34.4. The first-order valence-corrected chi connectivity index (χ1v) is 35.9. The predicted molar refractivity (Wildman–Crippen MR) is 342 cm³/mol. The third-order valence-corrected chi connectivity index (χ3v) is 18.3. The van der Waals surface area contributed by atoms with Gasteiger partial charge in [-0.2, -0.15) is 0 Å². The Labute approximate surface area is 531 Å². The molecule has 0 aromatic rings. The van der Waals surface area contributed by atoms with E-state index >= 15 is 0 Å². The van der Waals surface area contributed by atoms with Crippen molar-refractivity contribution in [3.05, 3.63) is 12.2 Å². The molecule has 17 atom stereocenters. The number of hydrogen-bond acceptors (Lipinski definition) is 18. The molecule has 3 heterocycles. The molecule has 3 aliphatic heterocycles. The van der Waals surface area contributed by atoms with Crippen LogP contribution in [0.1, 0.15) is 290 Å². The lowest BCUT2D eigenvalue weighted by Crippen LogP contribution is -2.66. The Kier molecular flexibility index (Phi) is 47.6. The quantitative estimate of drug-likeness (QED) is 0.0199. The lowest BCUT2D eigenvalue weighted by atomic mass is 9.96. The average molecular weight is 1260 g/mol. The second kappa shape index (κ2) is 51.9. The molecule has 3 rings (SSSR count). The van der Waals surface area contributed by atoms with Crippen LogP contribution in [0.15, 0.2) is 12.2 Å². The molecule has 19 heteroatoms. The maximum atomic E-state index is 13.4. The summed E-state index contributed by atoms with van der Waals surface area (Å²) in [6.07, 6.45) is 30.1. The van der Waals surface area contributed by atoms with E-state index in [9.17, 15) is 61.0 Å². The molecule has 0 bridgehead atoms. The van der Waals surface area contributed by atoms with E-state index < -0.39 is 124 Å². The van der Waals surface area contributed by atoms with Gasteiger partial charge in [0.25, 0.3) is 0 Å². The minimum atomic E-state index is -1.97. The highest BCUT2D eigenvalue weighted by atomic mass is 16.8. The van der Waals surface area contributed by atoms with Crippen molar-refractivity contribution in [3.8, 4) is 0 Å². The van der Waals surface area contributed by atoms with Crippen LogP contribution in [0.25, 0.3) is 0 Å². The number of hydrogen-bond donors (Lipinski definition) is 12. The summed E-state index contributed by atoms with van der Waals surface area (Å²) in [5.74, 6) is -0.243. The second-order valence-electron chi connectivity index (χ2n) is 26.1. The molecule has 19 nitrogen and oxygen atoms in total. The Morgan fingerprint density at radius 3 is 1.10 bits per heavy atom. The highest BCUT2D eigenvalue weighted by Gasteiger charge is 2.53. The first-order chi connectivity index (χ1) is 42.8. The third kappa shape index (κ3) is 33.6. The molecular formula is C69H131NO18. The van der Waals surface area contributed by atoms with E-state index in [1.807, 2.05) is 0 Å². The Balaban J connectivity index is 1.41. The predicted octanol–water partition coefficient (Wildman–Crippen LogP) is 9.67. The second-order valence-corrected chi connectivity index (χ2v) is 26.1. The van der Waals surface area contributed by atoms with Crippen molar-refractivity contribution in [3.63, 3.8) is 0 Å². The lowest BCUT2D eigenvalue weighted by molar-refractivity contribution is -0.379. The summed E-state index contributed by atoms with van der Waals surface area (Å²) in [5, 5.41) is 121. The van der Waals surface area contributed by atoms with Crippen LogP contribution in [0.4, 0.5) is 0 Å². The molecule has 0 saturated carbocycles. The van der Waals surface area contributed by atoms with Gasteiger partial charge in [0.2, 0.25) is 5.91 Å². The van der Waals surface area contributed by atoms with Crippen molar-refractivity contribution in [2.45, 2.75) is 394 Å². The number of nitrogens with one attached hydrogen (secondary N) is 1. The number of allylic oxidation sites excluding steroid dienone is 2. The van der Waals surface area contributed by atoms with E-state index in [4.69, 9.17) is 28.4 Å². The fourth-order valence-electron chi connectivity index (χ4n) is 12.5. The van der Waals surface area contributed by atoms with Crippen LogP contribution in [-0.2, 0) is 33.2 Å². The van der Waals surface area contributed by atoms with Crippen molar-refractivity contribution in [1.82, 2.24) is 5.32 Å². The van der Waals surface area contributed by atoms with E-state index in [2.05, 4.69) is 31.3 Å². The molecule has 0 radical (unpaired) electrons. The standard InChI is InChI=1S/C69H131NO18/c1-3-5-7-9-11-13-15-17-19-21-22-23-24-25-26-27-28-29-31-32-34-36-38-40-42-44-46-53(74)52(70-57(75)47-45-43-41-39-37-35-33-30-20-18-16-14-12-10-8-6-4-2)51-83-67-63(81)60(78)65(55(49-72)85-67)88-69-64(82)61(79)66(56(50-73)86-69)87-68-62(80)59(77)58(76)54(48-71)84-68/h18,20,52-56,58-69,71-74,76-82H,3-17,19,21-51H2,1-2H3,(H,70,75)/b20-18-. The summed E-state index contributed by atoms with van der Waals surface area (Å²) in [6, 6.07) is -0.887. The smallest absolute Gasteiger partial charge is 0.220 e. The van der Waals surface area contributed by atoms with Crippen molar-refractivity contribution in [2.24, 2.45) is 0 Å². The molecule has 3 aliphatic rings. The average Bonchev–Trinajstić information content (AvgIpc) is 3.72. The molecule has 0 aromatic carbocycles. The van der Waals surface area contributed by atoms with Crippen LogP contribution < -0.4 is 5.32 Å². The monoisotopic (exact) mass is 1260 g/mol. The zero-order chi connectivity index (χ0) is 64.0. The highest BCUT2D eigenvalue weighted by Crippen LogP contribution is 2.33. The third-order valence-electron chi connectivity index (χ3n) is 18.3. The molecule has 0 aromatic heterocycles. The molecule has 88 heavy (non-hydrogen) atoms. The Bertz CT molecular complexity index is 1650. The topological polar surface area (TPSA) is 307 Å². The van der Waals surface area contributed by atoms with Gasteiger partial charge in [-0.1, -0.05) is 257 Å². The molecule has 1 amide bonds. The Hall–Kier alpha value is -1.47. The van der Waals surface area contributed by atoms with Crippen LogP contribution in [0.2, 0.25) is 0 Å². The number of aliphatic hydroxyl groups excluding tert-OH is 11. The molecular weight excluding hydrogens is 1130 g/mol. The summed E-state index contributed by atoms with van der Waals surface area (Å²) in [5.41, 5.74) is 0. The van der Waals surface area contributed by atoms with Crippen LogP contribution in [-0.4, -0.2) is 193 Å². The molecule has 0 aliphatic carbocycles.